The van der Waals surface area contributed by atoms with E-state index >= 15 is 0 Å². The fourth-order valence-electron chi connectivity index (χ4n) is 2.30. The lowest BCUT2D eigenvalue weighted by atomic mass is 9.86. The van der Waals surface area contributed by atoms with Crippen LogP contribution in [0.1, 0.15) is 25.0 Å². The van der Waals surface area contributed by atoms with Crippen LogP contribution >= 0.6 is 22.6 Å². The summed E-state index contributed by atoms with van der Waals surface area (Å²) in [6.45, 7) is 4.19. The standard InChI is InChI=1S/C14H16INO3/c1-4-19-12(13(17)18-3)14(2)11-7-10(15)6-5-9(11)8-16-14/h5-8,12H,4H2,1-3H3. The van der Waals surface area contributed by atoms with E-state index in [1.54, 1.807) is 6.21 Å². The van der Waals surface area contributed by atoms with E-state index in [0.717, 1.165) is 14.7 Å². The van der Waals surface area contributed by atoms with E-state index in [2.05, 4.69) is 27.6 Å². The van der Waals surface area contributed by atoms with Gasteiger partial charge in [0.05, 0.1) is 7.11 Å². The Labute approximate surface area is 126 Å². The average molecular weight is 373 g/mol. The zero-order valence-electron chi connectivity index (χ0n) is 11.1. The van der Waals surface area contributed by atoms with E-state index in [9.17, 15) is 4.79 Å². The van der Waals surface area contributed by atoms with Gasteiger partial charge in [0.15, 0.2) is 6.10 Å². The van der Waals surface area contributed by atoms with Crippen LogP contribution in [-0.4, -0.2) is 32.0 Å². The van der Waals surface area contributed by atoms with E-state index in [1.807, 2.05) is 32.0 Å². The van der Waals surface area contributed by atoms with Gasteiger partial charge in [-0.25, -0.2) is 4.79 Å². The second-order valence-electron chi connectivity index (χ2n) is 4.50. The van der Waals surface area contributed by atoms with Crippen molar-refractivity contribution < 1.29 is 14.3 Å². The van der Waals surface area contributed by atoms with Crippen molar-refractivity contribution in [2.45, 2.75) is 25.5 Å². The molecule has 2 atom stereocenters. The topological polar surface area (TPSA) is 47.9 Å². The number of halogens is 1. The van der Waals surface area contributed by atoms with Gasteiger partial charge in [-0.3, -0.25) is 4.99 Å². The Morgan fingerprint density at radius 2 is 2.26 bits per heavy atom. The number of fused-ring (bicyclic) bond motifs is 1. The maximum Gasteiger partial charge on any atom is 0.337 e. The van der Waals surface area contributed by atoms with Crippen molar-refractivity contribution in [1.29, 1.82) is 0 Å². The average Bonchev–Trinajstić information content (AvgIpc) is 2.73. The Hall–Kier alpha value is -0.950. The Kier molecular flexibility index (Phi) is 4.25. The van der Waals surface area contributed by atoms with E-state index < -0.39 is 17.6 Å². The molecule has 4 nitrogen and oxygen atoms in total. The molecule has 2 rings (SSSR count). The SMILES string of the molecule is CCOC(C(=O)OC)C1(C)N=Cc2ccc(I)cc21. The first-order valence-electron chi connectivity index (χ1n) is 6.07. The van der Waals surface area contributed by atoms with Crippen LogP contribution in [0.5, 0.6) is 0 Å². The predicted octanol–water partition coefficient (Wildman–Crippen LogP) is 2.52. The number of aliphatic imine (C=N–C) groups is 1. The molecule has 0 N–H and O–H groups in total. The molecule has 1 aliphatic heterocycles. The van der Waals surface area contributed by atoms with Crippen molar-refractivity contribution in [2.75, 3.05) is 13.7 Å². The summed E-state index contributed by atoms with van der Waals surface area (Å²) < 4.78 is 11.5. The van der Waals surface area contributed by atoms with Crippen LogP contribution < -0.4 is 0 Å². The molecule has 0 aromatic heterocycles. The van der Waals surface area contributed by atoms with Crippen LogP contribution in [0.15, 0.2) is 23.2 Å². The minimum absolute atomic E-state index is 0.395. The highest BCUT2D eigenvalue weighted by Gasteiger charge is 2.45. The monoisotopic (exact) mass is 373 g/mol. The first-order valence-corrected chi connectivity index (χ1v) is 7.15. The highest BCUT2D eigenvalue weighted by Crippen LogP contribution is 2.38. The number of rotatable bonds is 4. The van der Waals surface area contributed by atoms with Crippen molar-refractivity contribution in [3.05, 3.63) is 32.9 Å². The molecule has 19 heavy (non-hydrogen) atoms. The Bertz CT molecular complexity index is 529. The maximum atomic E-state index is 12.0. The van der Waals surface area contributed by atoms with Crippen molar-refractivity contribution >= 4 is 34.8 Å². The summed E-state index contributed by atoms with van der Waals surface area (Å²) >= 11 is 2.25. The molecule has 0 amide bonds. The third-order valence-corrected chi connectivity index (χ3v) is 3.96. The Balaban J connectivity index is 2.46. The number of hydrogen-bond donors (Lipinski definition) is 0. The largest absolute Gasteiger partial charge is 0.467 e. The molecule has 2 unspecified atom stereocenters. The summed E-state index contributed by atoms with van der Waals surface area (Å²) in [6.07, 6.45) is 1.07. The number of carbonyl (C=O) groups is 1. The van der Waals surface area contributed by atoms with Crippen molar-refractivity contribution in [3.8, 4) is 0 Å². The molecule has 102 valence electrons. The van der Waals surface area contributed by atoms with Gasteiger partial charge in [-0.1, -0.05) is 6.07 Å². The second kappa shape index (κ2) is 5.58. The first-order chi connectivity index (χ1) is 9.02. The molecule has 5 heteroatoms. The van der Waals surface area contributed by atoms with Gasteiger partial charge < -0.3 is 9.47 Å². The number of hydrogen-bond acceptors (Lipinski definition) is 4. The molecule has 0 fully saturated rings. The van der Waals surface area contributed by atoms with Gasteiger partial charge in [0.1, 0.15) is 5.54 Å². The molecule has 0 aliphatic carbocycles. The number of carbonyl (C=O) groups excluding carboxylic acids is 1. The smallest absolute Gasteiger partial charge is 0.337 e. The van der Waals surface area contributed by atoms with Crippen LogP contribution in [0.4, 0.5) is 0 Å². The highest BCUT2D eigenvalue weighted by atomic mass is 127. The molecule has 1 heterocycles. The molecule has 1 aliphatic rings. The zero-order chi connectivity index (χ0) is 14.0. The number of benzene rings is 1. The van der Waals surface area contributed by atoms with Gasteiger partial charge >= 0.3 is 5.97 Å². The molecular weight excluding hydrogens is 357 g/mol. The Morgan fingerprint density at radius 3 is 2.89 bits per heavy atom. The van der Waals surface area contributed by atoms with E-state index in [-0.39, 0.29) is 0 Å². The Morgan fingerprint density at radius 1 is 1.53 bits per heavy atom. The molecule has 0 radical (unpaired) electrons. The van der Waals surface area contributed by atoms with Gasteiger partial charge in [-0.05, 0) is 59.7 Å². The van der Waals surface area contributed by atoms with Crippen LogP contribution in [0.25, 0.3) is 0 Å². The number of methoxy groups -OCH3 is 1. The van der Waals surface area contributed by atoms with Gasteiger partial charge in [0.2, 0.25) is 0 Å². The lowest BCUT2D eigenvalue weighted by Crippen LogP contribution is -2.43. The third-order valence-electron chi connectivity index (χ3n) is 3.29. The molecule has 0 saturated carbocycles. The molecule has 1 aromatic carbocycles. The molecule has 0 bridgehead atoms. The minimum atomic E-state index is -0.724. The normalized spacial score (nSPS) is 22.1. The number of nitrogens with zero attached hydrogens (tertiary/aromatic N) is 1. The number of esters is 1. The van der Waals surface area contributed by atoms with Crippen LogP contribution in [0.3, 0.4) is 0 Å². The second-order valence-corrected chi connectivity index (χ2v) is 5.74. The summed E-state index contributed by atoms with van der Waals surface area (Å²) in [5, 5.41) is 0. The fraction of sp³-hybridized carbons (Fsp3) is 0.429. The van der Waals surface area contributed by atoms with Crippen molar-refractivity contribution in [3.63, 3.8) is 0 Å². The molecule has 0 saturated heterocycles. The van der Waals surface area contributed by atoms with Gasteiger partial charge in [0.25, 0.3) is 0 Å². The minimum Gasteiger partial charge on any atom is -0.467 e. The lowest BCUT2D eigenvalue weighted by Gasteiger charge is -2.30. The van der Waals surface area contributed by atoms with Crippen LogP contribution in [-0.2, 0) is 19.8 Å². The highest BCUT2D eigenvalue weighted by molar-refractivity contribution is 14.1. The van der Waals surface area contributed by atoms with Crippen LogP contribution in [0, 0.1) is 3.57 Å². The fourth-order valence-corrected chi connectivity index (χ4v) is 2.79. The van der Waals surface area contributed by atoms with E-state index in [4.69, 9.17) is 9.47 Å². The van der Waals surface area contributed by atoms with Gasteiger partial charge in [-0.15, -0.1) is 0 Å². The number of ether oxygens (including phenoxy) is 2. The summed E-state index contributed by atoms with van der Waals surface area (Å²) in [5.74, 6) is -0.395. The predicted molar refractivity (Wildman–Crippen MR) is 81.5 cm³/mol. The van der Waals surface area contributed by atoms with E-state index in [1.165, 1.54) is 7.11 Å². The summed E-state index contributed by atoms with van der Waals surface area (Å²) in [6, 6.07) is 6.06. The molecular formula is C14H16INO3. The first kappa shape index (κ1) is 14.5. The summed E-state index contributed by atoms with van der Waals surface area (Å²) in [5.41, 5.74) is 1.30. The third kappa shape index (κ3) is 2.53. The summed E-state index contributed by atoms with van der Waals surface area (Å²) in [4.78, 5) is 16.5. The zero-order valence-corrected chi connectivity index (χ0v) is 13.3. The van der Waals surface area contributed by atoms with E-state index in [0.29, 0.717) is 6.61 Å². The van der Waals surface area contributed by atoms with Crippen LogP contribution in [0.2, 0.25) is 0 Å². The molecule has 1 aromatic rings. The molecule has 0 spiro atoms. The van der Waals surface area contributed by atoms with Crippen molar-refractivity contribution in [2.24, 2.45) is 4.99 Å². The lowest BCUT2D eigenvalue weighted by molar-refractivity contribution is -0.158. The maximum absolute atomic E-state index is 12.0. The van der Waals surface area contributed by atoms with Crippen molar-refractivity contribution in [1.82, 2.24) is 0 Å². The van der Waals surface area contributed by atoms with Gasteiger partial charge in [-0.2, -0.15) is 0 Å². The van der Waals surface area contributed by atoms with Gasteiger partial charge in [0, 0.05) is 16.4 Å². The summed E-state index contributed by atoms with van der Waals surface area (Å²) in [7, 11) is 1.37. The quantitative estimate of drug-likeness (QED) is 0.602.